The largest absolute Gasteiger partial charge is 0.246 e. The minimum absolute atomic E-state index is 0.320. The predicted octanol–water partition coefficient (Wildman–Crippen LogP) is 6.03. The Labute approximate surface area is 155 Å². The Bertz CT molecular complexity index is 918. The van der Waals surface area contributed by atoms with Gasteiger partial charge < -0.3 is 0 Å². The highest BCUT2D eigenvalue weighted by molar-refractivity contribution is 5.83. The van der Waals surface area contributed by atoms with Crippen LogP contribution >= 0.6 is 0 Å². The second-order valence-corrected chi connectivity index (χ2v) is 6.85. The number of hydrogen-bond acceptors (Lipinski definition) is 2. The SMILES string of the molecule is C=Nc1c(C(=C)C)c(-c2ccc(C)cc2)nn1CC(C)c1ccccc1. The average molecular weight is 343 g/mol. The van der Waals surface area contributed by atoms with E-state index in [4.69, 9.17) is 5.10 Å². The van der Waals surface area contributed by atoms with Gasteiger partial charge in [-0.15, -0.1) is 0 Å². The maximum absolute atomic E-state index is 4.89. The molecule has 0 aliphatic heterocycles. The molecule has 2 aromatic carbocycles. The number of benzene rings is 2. The molecule has 1 aromatic heterocycles. The third kappa shape index (κ3) is 3.52. The highest BCUT2D eigenvalue weighted by atomic mass is 15.3. The maximum Gasteiger partial charge on any atom is 0.158 e. The molecule has 132 valence electrons. The minimum Gasteiger partial charge on any atom is -0.246 e. The summed E-state index contributed by atoms with van der Waals surface area (Å²) in [5.74, 6) is 1.11. The third-order valence-corrected chi connectivity index (χ3v) is 4.64. The van der Waals surface area contributed by atoms with Crippen molar-refractivity contribution in [1.82, 2.24) is 9.78 Å². The number of nitrogens with zero attached hydrogens (tertiary/aromatic N) is 3. The minimum atomic E-state index is 0.320. The number of aromatic nitrogens is 2. The fourth-order valence-corrected chi connectivity index (χ4v) is 3.19. The lowest BCUT2D eigenvalue weighted by molar-refractivity contribution is 0.548. The van der Waals surface area contributed by atoms with Gasteiger partial charge in [-0.25, -0.2) is 9.67 Å². The smallest absolute Gasteiger partial charge is 0.158 e. The van der Waals surface area contributed by atoms with E-state index in [1.807, 2.05) is 17.7 Å². The van der Waals surface area contributed by atoms with E-state index in [0.29, 0.717) is 5.92 Å². The van der Waals surface area contributed by atoms with Crippen LogP contribution in [0.2, 0.25) is 0 Å². The fraction of sp³-hybridized carbons (Fsp3) is 0.217. The molecule has 0 N–H and O–H groups in total. The zero-order chi connectivity index (χ0) is 18.7. The molecule has 1 atom stereocenters. The summed E-state index contributed by atoms with van der Waals surface area (Å²) in [7, 11) is 0. The van der Waals surface area contributed by atoms with Crippen LogP contribution in [0.3, 0.4) is 0 Å². The van der Waals surface area contributed by atoms with Crippen molar-refractivity contribution in [2.45, 2.75) is 33.2 Å². The van der Waals surface area contributed by atoms with Crippen LogP contribution in [0.25, 0.3) is 16.8 Å². The summed E-state index contributed by atoms with van der Waals surface area (Å²) in [6, 6.07) is 18.9. The molecule has 0 radical (unpaired) electrons. The van der Waals surface area contributed by atoms with E-state index in [2.05, 4.69) is 80.7 Å². The summed E-state index contributed by atoms with van der Waals surface area (Å²) in [4.78, 5) is 4.29. The van der Waals surface area contributed by atoms with Crippen molar-refractivity contribution < 1.29 is 0 Å². The molecule has 0 fully saturated rings. The number of rotatable bonds is 6. The fourth-order valence-electron chi connectivity index (χ4n) is 3.19. The van der Waals surface area contributed by atoms with E-state index in [9.17, 15) is 0 Å². The van der Waals surface area contributed by atoms with Gasteiger partial charge in [0.2, 0.25) is 0 Å². The summed E-state index contributed by atoms with van der Waals surface area (Å²) < 4.78 is 1.96. The molecular formula is C23H25N3. The van der Waals surface area contributed by atoms with Crippen molar-refractivity contribution in [3.63, 3.8) is 0 Å². The molecule has 0 saturated heterocycles. The molecular weight excluding hydrogens is 318 g/mol. The molecule has 3 rings (SSSR count). The van der Waals surface area contributed by atoms with Crippen molar-refractivity contribution in [1.29, 1.82) is 0 Å². The van der Waals surface area contributed by atoms with Crippen LogP contribution in [0.15, 0.2) is 66.2 Å². The van der Waals surface area contributed by atoms with Gasteiger partial charge in [0.25, 0.3) is 0 Å². The molecule has 3 aromatic rings. The van der Waals surface area contributed by atoms with Crippen LogP contribution in [0.1, 0.15) is 36.5 Å². The van der Waals surface area contributed by atoms with Gasteiger partial charge in [0.15, 0.2) is 5.82 Å². The molecule has 1 heterocycles. The summed E-state index contributed by atoms with van der Waals surface area (Å²) in [5.41, 5.74) is 6.42. The molecule has 0 aliphatic carbocycles. The lowest BCUT2D eigenvalue weighted by atomic mass is 10.0. The standard InChI is InChI=1S/C23H25N3/c1-16(2)21-22(20-13-11-17(3)12-14-20)25-26(23(21)24-5)15-18(4)19-9-7-6-8-10-19/h6-14,18H,1,5,15H2,2-4H3. The van der Waals surface area contributed by atoms with Crippen LogP contribution in [-0.2, 0) is 6.54 Å². The first kappa shape index (κ1) is 17.9. The molecule has 3 heteroatoms. The molecule has 0 amide bonds. The highest BCUT2D eigenvalue weighted by Crippen LogP contribution is 2.36. The second kappa shape index (κ2) is 7.52. The van der Waals surface area contributed by atoms with Crippen molar-refractivity contribution in [2.75, 3.05) is 0 Å². The predicted molar refractivity (Wildman–Crippen MR) is 111 cm³/mol. The van der Waals surface area contributed by atoms with Crippen LogP contribution < -0.4 is 0 Å². The molecule has 0 aliphatic rings. The first-order valence-corrected chi connectivity index (χ1v) is 8.86. The number of hydrogen-bond donors (Lipinski definition) is 0. The number of aliphatic imine (C=N–C) groups is 1. The first-order chi connectivity index (χ1) is 12.5. The topological polar surface area (TPSA) is 30.2 Å². The van der Waals surface area contributed by atoms with E-state index in [1.54, 1.807) is 0 Å². The van der Waals surface area contributed by atoms with Gasteiger partial charge in [0.1, 0.15) is 5.69 Å². The Morgan fingerprint density at radius 1 is 1.12 bits per heavy atom. The quantitative estimate of drug-likeness (QED) is 0.503. The van der Waals surface area contributed by atoms with Crippen LogP contribution in [0.4, 0.5) is 5.82 Å². The van der Waals surface area contributed by atoms with Crippen molar-refractivity contribution in [3.05, 3.63) is 77.9 Å². The molecule has 0 bridgehead atoms. The van der Waals surface area contributed by atoms with Crippen molar-refractivity contribution >= 4 is 18.1 Å². The summed E-state index contributed by atoms with van der Waals surface area (Å²) >= 11 is 0. The lowest BCUT2D eigenvalue weighted by Crippen LogP contribution is -2.07. The summed E-state index contributed by atoms with van der Waals surface area (Å²) in [5, 5.41) is 4.89. The van der Waals surface area contributed by atoms with Crippen molar-refractivity contribution in [2.24, 2.45) is 4.99 Å². The number of allylic oxidation sites excluding steroid dienone is 1. The number of aryl methyl sites for hydroxylation is 1. The second-order valence-electron chi connectivity index (χ2n) is 6.85. The van der Waals surface area contributed by atoms with Gasteiger partial charge >= 0.3 is 0 Å². The van der Waals surface area contributed by atoms with E-state index in [0.717, 1.165) is 34.8 Å². The van der Waals surface area contributed by atoms with Crippen molar-refractivity contribution in [3.8, 4) is 11.3 Å². The van der Waals surface area contributed by atoms with Gasteiger partial charge in [0, 0.05) is 23.6 Å². The van der Waals surface area contributed by atoms with E-state index < -0.39 is 0 Å². The van der Waals surface area contributed by atoms with Gasteiger partial charge in [0.05, 0.1) is 0 Å². The van der Waals surface area contributed by atoms with Crippen LogP contribution in [0.5, 0.6) is 0 Å². The zero-order valence-corrected chi connectivity index (χ0v) is 15.7. The highest BCUT2D eigenvalue weighted by Gasteiger charge is 2.20. The molecule has 1 unspecified atom stereocenters. The zero-order valence-electron chi connectivity index (χ0n) is 15.7. The van der Waals surface area contributed by atoms with Gasteiger partial charge in [-0.1, -0.05) is 73.7 Å². The van der Waals surface area contributed by atoms with Gasteiger partial charge in [-0.3, -0.25) is 0 Å². The Kier molecular flexibility index (Phi) is 5.17. The van der Waals surface area contributed by atoms with E-state index >= 15 is 0 Å². The monoisotopic (exact) mass is 343 g/mol. The van der Waals surface area contributed by atoms with Gasteiger partial charge in [-0.05, 0) is 31.7 Å². The third-order valence-electron chi connectivity index (χ3n) is 4.64. The molecule has 26 heavy (non-hydrogen) atoms. The Hall–Kier alpha value is -2.94. The van der Waals surface area contributed by atoms with Gasteiger partial charge in [-0.2, -0.15) is 5.10 Å². The first-order valence-electron chi connectivity index (χ1n) is 8.86. The summed E-state index contributed by atoms with van der Waals surface area (Å²) in [6.45, 7) is 15.0. The normalized spacial score (nSPS) is 12.0. The Balaban J connectivity index is 2.05. The molecule has 0 saturated carbocycles. The van der Waals surface area contributed by atoms with Crippen LogP contribution in [0, 0.1) is 6.92 Å². The molecule has 3 nitrogen and oxygen atoms in total. The molecule has 0 spiro atoms. The van der Waals surface area contributed by atoms with E-state index in [-0.39, 0.29) is 0 Å². The Morgan fingerprint density at radius 3 is 2.35 bits per heavy atom. The maximum atomic E-state index is 4.89. The van der Waals surface area contributed by atoms with Crippen LogP contribution in [-0.4, -0.2) is 16.5 Å². The van der Waals surface area contributed by atoms with E-state index in [1.165, 1.54) is 11.1 Å². The summed E-state index contributed by atoms with van der Waals surface area (Å²) in [6.07, 6.45) is 0. The Morgan fingerprint density at radius 2 is 1.77 bits per heavy atom. The average Bonchev–Trinajstić information content (AvgIpc) is 3.01. The lowest BCUT2D eigenvalue weighted by Gasteiger charge is -2.13.